The molecule has 0 fully saturated rings. The van der Waals surface area contributed by atoms with Gasteiger partial charge in [-0.25, -0.2) is 0 Å². The SMILES string of the molecule is CC1=C(/C=C/C(C)=C\C=C\C(C)=C/C=C/C=C(C)\C=C\C=C(C)/C=C/C2=C(C)C[C@@H](O)CC2(C)C)C(C)(C)CCC1. The summed E-state index contributed by atoms with van der Waals surface area (Å²) in [6.07, 6.45) is 35.5. The van der Waals surface area contributed by atoms with Gasteiger partial charge in [-0.1, -0.05) is 146 Å². The Bertz CT molecular complexity index is 1250. The van der Waals surface area contributed by atoms with Crippen molar-refractivity contribution in [1.29, 1.82) is 0 Å². The lowest BCUT2D eigenvalue weighted by molar-refractivity contribution is 0.116. The van der Waals surface area contributed by atoms with E-state index in [9.17, 15) is 5.11 Å². The van der Waals surface area contributed by atoms with Gasteiger partial charge in [0.1, 0.15) is 0 Å². The van der Waals surface area contributed by atoms with Crippen LogP contribution in [0.25, 0.3) is 0 Å². The molecule has 0 radical (unpaired) electrons. The van der Waals surface area contributed by atoms with Crippen LogP contribution in [-0.2, 0) is 0 Å². The molecule has 0 heterocycles. The van der Waals surface area contributed by atoms with Gasteiger partial charge in [0, 0.05) is 0 Å². The van der Waals surface area contributed by atoms with Crippen LogP contribution in [0.4, 0.5) is 0 Å². The molecule has 0 saturated carbocycles. The van der Waals surface area contributed by atoms with Crippen molar-refractivity contribution in [2.45, 2.75) is 107 Å². The summed E-state index contributed by atoms with van der Waals surface area (Å²) in [6.45, 7) is 22.2. The predicted molar refractivity (Wildman–Crippen MR) is 183 cm³/mol. The zero-order valence-corrected chi connectivity index (χ0v) is 27.6. The Morgan fingerprint density at radius 1 is 0.634 bits per heavy atom. The Kier molecular flexibility index (Phi) is 13.3. The van der Waals surface area contributed by atoms with E-state index < -0.39 is 0 Å². The summed E-state index contributed by atoms with van der Waals surface area (Å²) in [4.78, 5) is 0. The maximum atomic E-state index is 10.1. The predicted octanol–water partition coefficient (Wildman–Crippen LogP) is 11.6. The van der Waals surface area contributed by atoms with Crippen LogP contribution in [0.1, 0.15) is 101 Å². The van der Waals surface area contributed by atoms with E-state index in [1.165, 1.54) is 58.3 Å². The second-order valence-electron chi connectivity index (χ2n) is 13.5. The fourth-order valence-corrected chi connectivity index (χ4v) is 5.96. The van der Waals surface area contributed by atoms with Gasteiger partial charge in [-0.2, -0.15) is 0 Å². The Morgan fingerprint density at radius 3 is 1.54 bits per heavy atom. The fourth-order valence-electron chi connectivity index (χ4n) is 5.96. The molecule has 1 atom stereocenters. The Balaban J connectivity index is 1.90. The highest BCUT2D eigenvalue weighted by molar-refractivity contribution is 5.39. The van der Waals surface area contributed by atoms with E-state index in [0.717, 1.165) is 12.8 Å². The minimum absolute atomic E-state index is 0.0128. The Morgan fingerprint density at radius 2 is 1.07 bits per heavy atom. The van der Waals surface area contributed by atoms with E-state index in [1.54, 1.807) is 5.57 Å². The molecule has 0 aromatic rings. The molecule has 0 bridgehead atoms. The molecule has 0 aromatic carbocycles. The zero-order valence-electron chi connectivity index (χ0n) is 27.6. The van der Waals surface area contributed by atoms with Gasteiger partial charge in [0.2, 0.25) is 0 Å². The smallest absolute Gasteiger partial charge is 0.0585 e. The molecule has 0 unspecified atom stereocenters. The first kappa shape index (κ1) is 34.3. The first-order valence-electron chi connectivity index (χ1n) is 15.4. The average Bonchev–Trinajstić information content (AvgIpc) is 2.84. The van der Waals surface area contributed by atoms with Crippen molar-refractivity contribution in [3.05, 3.63) is 130 Å². The third-order valence-electron chi connectivity index (χ3n) is 8.31. The van der Waals surface area contributed by atoms with Crippen molar-refractivity contribution in [2.24, 2.45) is 10.8 Å². The van der Waals surface area contributed by atoms with E-state index in [1.807, 2.05) is 0 Å². The molecule has 2 aliphatic rings. The van der Waals surface area contributed by atoms with E-state index in [4.69, 9.17) is 0 Å². The third-order valence-corrected chi connectivity index (χ3v) is 8.31. The summed E-state index contributed by atoms with van der Waals surface area (Å²) in [5, 5.41) is 10.1. The quantitative estimate of drug-likeness (QED) is 0.267. The second-order valence-corrected chi connectivity index (χ2v) is 13.5. The normalized spacial score (nSPS) is 23.5. The van der Waals surface area contributed by atoms with Crippen LogP contribution in [0.2, 0.25) is 0 Å². The van der Waals surface area contributed by atoms with Crippen LogP contribution < -0.4 is 0 Å². The van der Waals surface area contributed by atoms with Gasteiger partial charge in [0.25, 0.3) is 0 Å². The van der Waals surface area contributed by atoms with Crippen molar-refractivity contribution in [1.82, 2.24) is 0 Å². The number of allylic oxidation sites excluding steroid dienone is 21. The minimum Gasteiger partial charge on any atom is -0.393 e. The molecule has 2 rings (SSSR count). The zero-order chi connectivity index (χ0) is 30.6. The molecule has 0 saturated heterocycles. The van der Waals surface area contributed by atoms with E-state index >= 15 is 0 Å². The number of aliphatic hydroxyl groups is 1. The third kappa shape index (κ3) is 11.9. The average molecular weight is 553 g/mol. The topological polar surface area (TPSA) is 20.2 Å². The van der Waals surface area contributed by atoms with Crippen LogP contribution in [0.3, 0.4) is 0 Å². The molecule has 2 aliphatic carbocycles. The lowest BCUT2D eigenvalue weighted by atomic mass is 9.71. The first-order chi connectivity index (χ1) is 19.2. The minimum atomic E-state index is -0.220. The van der Waals surface area contributed by atoms with Gasteiger partial charge in [-0.15, -0.1) is 0 Å². The fraction of sp³-hybridized carbons (Fsp3) is 0.450. The van der Waals surface area contributed by atoms with Crippen molar-refractivity contribution in [2.75, 3.05) is 0 Å². The highest BCUT2D eigenvalue weighted by Gasteiger charge is 2.31. The molecule has 0 spiro atoms. The van der Waals surface area contributed by atoms with Crippen LogP contribution in [0.5, 0.6) is 0 Å². The summed E-state index contributed by atoms with van der Waals surface area (Å²) >= 11 is 0. The maximum Gasteiger partial charge on any atom is 0.0585 e. The molecule has 41 heavy (non-hydrogen) atoms. The van der Waals surface area contributed by atoms with Gasteiger partial charge in [-0.3, -0.25) is 0 Å². The molecule has 222 valence electrons. The lowest BCUT2D eigenvalue weighted by Crippen LogP contribution is -2.28. The van der Waals surface area contributed by atoms with Gasteiger partial charge >= 0.3 is 0 Å². The lowest BCUT2D eigenvalue weighted by Gasteiger charge is -2.35. The summed E-state index contributed by atoms with van der Waals surface area (Å²) in [6, 6.07) is 0. The maximum absolute atomic E-state index is 10.1. The van der Waals surface area contributed by atoms with E-state index in [0.29, 0.717) is 0 Å². The van der Waals surface area contributed by atoms with Gasteiger partial charge < -0.3 is 5.11 Å². The molecule has 1 nitrogen and oxygen atoms in total. The van der Waals surface area contributed by atoms with Crippen molar-refractivity contribution >= 4 is 0 Å². The van der Waals surface area contributed by atoms with Crippen molar-refractivity contribution in [3.63, 3.8) is 0 Å². The van der Waals surface area contributed by atoms with Crippen LogP contribution in [0, 0.1) is 10.8 Å². The Labute approximate surface area is 252 Å². The number of aliphatic hydroxyl groups excluding tert-OH is 1. The van der Waals surface area contributed by atoms with Crippen molar-refractivity contribution in [3.8, 4) is 0 Å². The Hall–Kier alpha value is -2.90. The molecule has 0 aromatic heterocycles. The van der Waals surface area contributed by atoms with Crippen molar-refractivity contribution < 1.29 is 5.11 Å². The number of rotatable bonds is 10. The van der Waals surface area contributed by atoms with Gasteiger partial charge in [-0.05, 0) is 95.6 Å². The second kappa shape index (κ2) is 15.9. The largest absolute Gasteiger partial charge is 0.393 e. The van der Waals surface area contributed by atoms with E-state index in [-0.39, 0.29) is 16.9 Å². The van der Waals surface area contributed by atoms with Gasteiger partial charge in [0.15, 0.2) is 0 Å². The highest BCUT2D eigenvalue weighted by atomic mass is 16.3. The summed E-state index contributed by atoms with van der Waals surface area (Å²) < 4.78 is 0. The standard InChI is InChI=1S/C40H56O/c1-30(18-13-20-32(3)23-25-37-34(5)22-15-27-39(37,7)8)16-11-12-17-31(2)19-14-21-33(4)24-26-38-35(6)28-36(41)29-40(38,9)10/h11-14,16-21,23-26,36,41H,15,22,27-29H2,1-10H3/b12-11+,18-13+,19-14+,25-23+,26-24+,30-16-,31-17-,32-20-,33-21-/t36-/m1/s1. The summed E-state index contributed by atoms with van der Waals surface area (Å²) in [5.74, 6) is 0. The summed E-state index contributed by atoms with van der Waals surface area (Å²) in [7, 11) is 0. The molecule has 0 aliphatic heterocycles. The number of hydrogen-bond acceptors (Lipinski definition) is 1. The monoisotopic (exact) mass is 552 g/mol. The van der Waals surface area contributed by atoms with Gasteiger partial charge in [0.05, 0.1) is 6.10 Å². The van der Waals surface area contributed by atoms with E-state index in [2.05, 4.69) is 154 Å². The molecular weight excluding hydrogens is 496 g/mol. The molecule has 1 N–H and O–H groups in total. The van der Waals surface area contributed by atoms with Crippen LogP contribution in [0.15, 0.2) is 130 Å². The molecule has 1 heteroatoms. The molecule has 0 amide bonds. The van der Waals surface area contributed by atoms with Crippen LogP contribution >= 0.6 is 0 Å². The highest BCUT2D eigenvalue weighted by Crippen LogP contribution is 2.42. The number of hydrogen-bond donors (Lipinski definition) is 1. The summed E-state index contributed by atoms with van der Waals surface area (Å²) in [5.41, 5.74) is 10.9. The first-order valence-corrected chi connectivity index (χ1v) is 15.4. The van der Waals surface area contributed by atoms with Crippen LogP contribution in [-0.4, -0.2) is 11.2 Å². The molecular formula is C40H56O.